The van der Waals surface area contributed by atoms with Crippen LogP contribution in [0.3, 0.4) is 0 Å². The Morgan fingerprint density at radius 3 is 2.59 bits per heavy atom. The second kappa shape index (κ2) is 6.30. The highest BCUT2D eigenvalue weighted by Crippen LogP contribution is 2.17. The highest BCUT2D eigenvalue weighted by molar-refractivity contribution is 6.44. The predicted molar refractivity (Wildman–Crippen MR) is 66.2 cm³/mol. The molecule has 0 saturated carbocycles. The SMILES string of the molecule is CCCCc1cccc(C(=O)C(=O)CO)c1C. The van der Waals surface area contributed by atoms with Gasteiger partial charge in [-0.1, -0.05) is 31.5 Å². The molecule has 0 heterocycles. The molecule has 0 aliphatic rings. The molecule has 1 rings (SSSR count). The molecule has 0 unspecified atom stereocenters. The molecule has 3 heteroatoms. The maximum absolute atomic E-state index is 11.7. The molecule has 0 radical (unpaired) electrons. The molecule has 0 saturated heterocycles. The minimum absolute atomic E-state index is 0.414. The molecule has 0 fully saturated rings. The minimum Gasteiger partial charge on any atom is -0.388 e. The fraction of sp³-hybridized carbons (Fsp3) is 0.429. The molecule has 0 atom stereocenters. The fourth-order valence-electron chi connectivity index (χ4n) is 1.79. The topological polar surface area (TPSA) is 54.4 Å². The van der Waals surface area contributed by atoms with Crippen LogP contribution in [0.15, 0.2) is 18.2 Å². The van der Waals surface area contributed by atoms with E-state index in [1.54, 1.807) is 12.1 Å². The molecule has 0 aliphatic carbocycles. The van der Waals surface area contributed by atoms with Crippen LogP contribution in [0.25, 0.3) is 0 Å². The lowest BCUT2D eigenvalue weighted by molar-refractivity contribution is -0.117. The molecule has 0 bridgehead atoms. The Labute approximate surface area is 101 Å². The molecule has 1 aromatic carbocycles. The maximum Gasteiger partial charge on any atom is 0.231 e. The minimum atomic E-state index is -0.749. The van der Waals surface area contributed by atoms with Gasteiger partial charge in [-0.3, -0.25) is 9.59 Å². The summed E-state index contributed by atoms with van der Waals surface area (Å²) in [6.45, 7) is 3.24. The van der Waals surface area contributed by atoms with Crippen LogP contribution in [0.2, 0.25) is 0 Å². The number of ketones is 2. The molecule has 0 aliphatic heterocycles. The number of Topliss-reactive ketones (excluding diaryl/α,β-unsaturated/α-hetero) is 2. The zero-order valence-electron chi connectivity index (χ0n) is 10.3. The van der Waals surface area contributed by atoms with E-state index >= 15 is 0 Å². The van der Waals surface area contributed by atoms with Gasteiger partial charge in [-0.2, -0.15) is 0 Å². The van der Waals surface area contributed by atoms with Gasteiger partial charge in [-0.05, 0) is 30.9 Å². The van der Waals surface area contributed by atoms with Gasteiger partial charge >= 0.3 is 0 Å². The molecule has 0 spiro atoms. The molecular weight excluding hydrogens is 216 g/mol. The third-order valence-electron chi connectivity index (χ3n) is 2.89. The number of carbonyl (C=O) groups is 2. The number of aliphatic hydroxyl groups is 1. The van der Waals surface area contributed by atoms with Gasteiger partial charge < -0.3 is 5.11 Å². The lowest BCUT2D eigenvalue weighted by Gasteiger charge is -2.09. The third kappa shape index (κ3) is 3.24. The molecule has 1 N–H and O–H groups in total. The van der Waals surface area contributed by atoms with E-state index < -0.39 is 18.2 Å². The molecule has 0 aromatic heterocycles. The van der Waals surface area contributed by atoms with E-state index in [1.165, 1.54) is 0 Å². The van der Waals surface area contributed by atoms with E-state index in [0.29, 0.717) is 5.56 Å². The first-order chi connectivity index (χ1) is 8.11. The number of rotatable bonds is 6. The summed E-state index contributed by atoms with van der Waals surface area (Å²) in [5, 5.41) is 8.70. The van der Waals surface area contributed by atoms with Gasteiger partial charge in [0, 0.05) is 5.56 Å². The number of hydrogen-bond acceptors (Lipinski definition) is 3. The molecule has 92 valence electrons. The maximum atomic E-state index is 11.7. The van der Waals surface area contributed by atoms with Crippen LogP contribution < -0.4 is 0 Å². The predicted octanol–water partition coefficient (Wildman–Crippen LogP) is 2.08. The van der Waals surface area contributed by atoms with Gasteiger partial charge in [-0.25, -0.2) is 0 Å². The summed E-state index contributed by atoms with van der Waals surface area (Å²) in [4.78, 5) is 22.9. The average Bonchev–Trinajstić information content (AvgIpc) is 2.35. The molecule has 0 amide bonds. The van der Waals surface area contributed by atoms with Crippen LogP contribution in [0.5, 0.6) is 0 Å². The number of hydrogen-bond donors (Lipinski definition) is 1. The average molecular weight is 234 g/mol. The third-order valence-corrected chi connectivity index (χ3v) is 2.89. The molecule has 1 aromatic rings. The van der Waals surface area contributed by atoms with Crippen LogP contribution in [-0.4, -0.2) is 23.3 Å². The monoisotopic (exact) mass is 234 g/mol. The van der Waals surface area contributed by atoms with E-state index in [4.69, 9.17) is 5.11 Å². The first-order valence-electron chi connectivity index (χ1n) is 5.88. The van der Waals surface area contributed by atoms with Crippen molar-refractivity contribution in [2.75, 3.05) is 6.61 Å². The van der Waals surface area contributed by atoms with E-state index in [-0.39, 0.29) is 0 Å². The molecule has 3 nitrogen and oxygen atoms in total. The highest BCUT2D eigenvalue weighted by atomic mass is 16.3. The summed E-state index contributed by atoms with van der Waals surface area (Å²) < 4.78 is 0. The number of carbonyl (C=O) groups excluding carboxylic acids is 2. The summed E-state index contributed by atoms with van der Waals surface area (Å²) in [5.74, 6) is -1.34. The second-order valence-electron chi connectivity index (χ2n) is 4.10. The first kappa shape index (κ1) is 13.6. The summed E-state index contributed by atoms with van der Waals surface area (Å²) >= 11 is 0. The fourth-order valence-corrected chi connectivity index (χ4v) is 1.79. The van der Waals surface area contributed by atoms with Crippen molar-refractivity contribution in [3.8, 4) is 0 Å². The van der Waals surface area contributed by atoms with Crippen molar-refractivity contribution in [3.05, 3.63) is 34.9 Å². The van der Waals surface area contributed by atoms with Gasteiger partial charge in [0.15, 0.2) is 0 Å². The lowest BCUT2D eigenvalue weighted by atomic mass is 9.95. The van der Waals surface area contributed by atoms with Crippen molar-refractivity contribution < 1.29 is 14.7 Å². The normalized spacial score (nSPS) is 10.3. The van der Waals surface area contributed by atoms with Crippen LogP contribution in [-0.2, 0) is 11.2 Å². The highest BCUT2D eigenvalue weighted by Gasteiger charge is 2.18. The van der Waals surface area contributed by atoms with Crippen molar-refractivity contribution in [2.45, 2.75) is 33.1 Å². The Kier molecular flexibility index (Phi) is 5.04. The van der Waals surface area contributed by atoms with Gasteiger partial charge in [0.2, 0.25) is 11.6 Å². The van der Waals surface area contributed by atoms with Crippen molar-refractivity contribution in [1.82, 2.24) is 0 Å². The summed E-state index contributed by atoms with van der Waals surface area (Å²) in [6, 6.07) is 5.40. The molecular formula is C14H18O3. The largest absolute Gasteiger partial charge is 0.388 e. The van der Waals surface area contributed by atoms with Crippen molar-refractivity contribution in [1.29, 1.82) is 0 Å². The summed E-state index contributed by atoms with van der Waals surface area (Å²) in [7, 11) is 0. The standard InChI is InChI=1S/C14H18O3/c1-3-4-6-11-7-5-8-12(10(11)2)14(17)13(16)9-15/h5,7-8,15H,3-4,6,9H2,1-2H3. The Morgan fingerprint density at radius 2 is 2.00 bits per heavy atom. The van der Waals surface area contributed by atoms with Crippen LogP contribution in [0.1, 0.15) is 41.3 Å². The number of unbranched alkanes of at least 4 members (excludes halogenated alkanes) is 1. The number of benzene rings is 1. The van der Waals surface area contributed by atoms with E-state index in [1.807, 2.05) is 13.0 Å². The number of aliphatic hydroxyl groups excluding tert-OH is 1. The Hall–Kier alpha value is -1.48. The van der Waals surface area contributed by atoms with Crippen LogP contribution in [0, 0.1) is 6.92 Å². The van der Waals surface area contributed by atoms with E-state index in [2.05, 4.69) is 6.92 Å². The smallest absolute Gasteiger partial charge is 0.231 e. The Balaban J connectivity index is 3.01. The summed E-state index contributed by atoms with van der Waals surface area (Å²) in [5.41, 5.74) is 2.37. The summed E-state index contributed by atoms with van der Waals surface area (Å²) in [6.07, 6.45) is 3.07. The first-order valence-corrected chi connectivity index (χ1v) is 5.88. The number of aryl methyl sites for hydroxylation is 1. The van der Waals surface area contributed by atoms with Crippen LogP contribution in [0.4, 0.5) is 0 Å². The molecule has 17 heavy (non-hydrogen) atoms. The van der Waals surface area contributed by atoms with Gasteiger partial charge in [0.05, 0.1) is 0 Å². The van der Waals surface area contributed by atoms with Gasteiger partial charge in [0.25, 0.3) is 0 Å². The van der Waals surface area contributed by atoms with Crippen molar-refractivity contribution in [3.63, 3.8) is 0 Å². The lowest BCUT2D eigenvalue weighted by Crippen LogP contribution is -2.19. The van der Waals surface area contributed by atoms with Crippen molar-refractivity contribution >= 4 is 11.6 Å². The Morgan fingerprint density at radius 1 is 1.29 bits per heavy atom. The van der Waals surface area contributed by atoms with Crippen molar-refractivity contribution in [2.24, 2.45) is 0 Å². The van der Waals surface area contributed by atoms with Gasteiger partial charge in [0.1, 0.15) is 6.61 Å². The Bertz CT molecular complexity index is 421. The second-order valence-corrected chi connectivity index (χ2v) is 4.10. The zero-order valence-corrected chi connectivity index (χ0v) is 10.3. The van der Waals surface area contributed by atoms with Crippen LogP contribution >= 0.6 is 0 Å². The zero-order chi connectivity index (χ0) is 12.8. The van der Waals surface area contributed by atoms with Gasteiger partial charge in [-0.15, -0.1) is 0 Å². The quantitative estimate of drug-likeness (QED) is 0.605. The van der Waals surface area contributed by atoms with E-state index in [9.17, 15) is 9.59 Å². The van der Waals surface area contributed by atoms with E-state index in [0.717, 1.165) is 30.4 Å².